The van der Waals surface area contributed by atoms with Crippen LogP contribution >= 0.6 is 15.9 Å². The van der Waals surface area contributed by atoms with E-state index in [0.29, 0.717) is 0 Å². The van der Waals surface area contributed by atoms with E-state index in [1.54, 1.807) is 7.11 Å². The lowest BCUT2D eigenvalue weighted by molar-refractivity contribution is 0.357. The van der Waals surface area contributed by atoms with Gasteiger partial charge < -0.3 is 9.47 Å². The molecule has 2 aromatic rings. The third-order valence-electron chi connectivity index (χ3n) is 3.99. The van der Waals surface area contributed by atoms with Gasteiger partial charge in [-0.25, -0.2) is 0 Å². The third kappa shape index (κ3) is 2.67. The molecule has 0 aromatic heterocycles. The van der Waals surface area contributed by atoms with Crippen LogP contribution in [0.1, 0.15) is 32.6 Å². The molecule has 1 aliphatic rings. The Hall–Kier alpha value is -1.48. The fourth-order valence-corrected chi connectivity index (χ4v) is 3.56. The molecule has 0 saturated heterocycles. The van der Waals surface area contributed by atoms with Crippen LogP contribution in [-0.4, -0.2) is 13.7 Å². The number of ether oxygens (including phenoxy) is 2. The van der Waals surface area contributed by atoms with Crippen LogP contribution in [0.5, 0.6) is 11.5 Å². The predicted molar refractivity (Wildman–Crippen MR) is 88.9 cm³/mol. The van der Waals surface area contributed by atoms with Crippen molar-refractivity contribution < 1.29 is 9.47 Å². The number of benzene rings is 2. The summed E-state index contributed by atoms with van der Waals surface area (Å²) in [6.07, 6.45) is 1.00. The van der Waals surface area contributed by atoms with Crippen molar-refractivity contribution in [2.75, 3.05) is 13.7 Å². The number of methoxy groups -OCH3 is 1. The average molecular weight is 347 g/mol. The SMILES string of the molecule is COc1c(C)cc(C(Br)c2ccc3c(c2)CCO3)cc1C. The van der Waals surface area contributed by atoms with Gasteiger partial charge in [0.1, 0.15) is 11.5 Å². The molecule has 1 heterocycles. The zero-order chi connectivity index (χ0) is 15.0. The number of halogens is 1. The van der Waals surface area contributed by atoms with Gasteiger partial charge in [0.25, 0.3) is 0 Å². The summed E-state index contributed by atoms with van der Waals surface area (Å²) in [5.74, 6) is 2.00. The lowest BCUT2D eigenvalue weighted by Gasteiger charge is -2.16. The standard InChI is InChI=1S/C18H19BrO2/c1-11-8-15(9-12(2)18(11)20-3)17(19)14-4-5-16-13(10-14)6-7-21-16/h4-5,8-10,17H,6-7H2,1-3H3. The number of hydrogen-bond acceptors (Lipinski definition) is 2. The minimum atomic E-state index is 0.187. The molecule has 1 unspecified atom stereocenters. The molecule has 0 radical (unpaired) electrons. The van der Waals surface area contributed by atoms with Crippen LogP contribution in [0.15, 0.2) is 30.3 Å². The van der Waals surface area contributed by atoms with Gasteiger partial charge >= 0.3 is 0 Å². The topological polar surface area (TPSA) is 18.5 Å². The first-order valence-corrected chi connectivity index (χ1v) is 8.06. The Balaban J connectivity index is 1.97. The Morgan fingerprint density at radius 1 is 1.10 bits per heavy atom. The zero-order valence-corrected chi connectivity index (χ0v) is 14.2. The van der Waals surface area contributed by atoms with Gasteiger partial charge in [-0.2, -0.15) is 0 Å². The lowest BCUT2D eigenvalue weighted by Crippen LogP contribution is -1.98. The van der Waals surface area contributed by atoms with Crippen molar-refractivity contribution in [1.82, 2.24) is 0 Å². The number of hydrogen-bond donors (Lipinski definition) is 0. The summed E-state index contributed by atoms with van der Waals surface area (Å²) in [7, 11) is 1.72. The van der Waals surface area contributed by atoms with Crippen molar-refractivity contribution in [2.45, 2.75) is 25.1 Å². The zero-order valence-electron chi connectivity index (χ0n) is 12.6. The van der Waals surface area contributed by atoms with Crippen LogP contribution < -0.4 is 9.47 Å². The molecule has 1 atom stereocenters. The maximum Gasteiger partial charge on any atom is 0.124 e. The molecule has 2 nitrogen and oxygen atoms in total. The average Bonchev–Trinajstić information content (AvgIpc) is 2.93. The number of aryl methyl sites for hydroxylation is 2. The monoisotopic (exact) mass is 346 g/mol. The van der Waals surface area contributed by atoms with Gasteiger partial charge in [-0.15, -0.1) is 0 Å². The largest absolute Gasteiger partial charge is 0.496 e. The molecule has 0 aliphatic carbocycles. The first kappa shape index (κ1) is 14.5. The molecule has 0 spiro atoms. The van der Waals surface area contributed by atoms with E-state index in [1.807, 2.05) is 0 Å². The van der Waals surface area contributed by atoms with Gasteiger partial charge in [-0.1, -0.05) is 40.2 Å². The van der Waals surface area contributed by atoms with Crippen molar-refractivity contribution in [3.8, 4) is 11.5 Å². The highest BCUT2D eigenvalue weighted by molar-refractivity contribution is 9.09. The minimum Gasteiger partial charge on any atom is -0.496 e. The van der Waals surface area contributed by atoms with E-state index < -0.39 is 0 Å². The Morgan fingerprint density at radius 3 is 2.48 bits per heavy atom. The maximum atomic E-state index is 5.58. The molecule has 0 fully saturated rings. The van der Waals surface area contributed by atoms with Crippen molar-refractivity contribution >= 4 is 15.9 Å². The summed E-state index contributed by atoms with van der Waals surface area (Å²) in [5.41, 5.74) is 6.16. The summed E-state index contributed by atoms with van der Waals surface area (Å²) in [5, 5.41) is 0. The second-order valence-electron chi connectivity index (χ2n) is 5.52. The van der Waals surface area contributed by atoms with Gasteiger partial charge in [-0.3, -0.25) is 0 Å². The lowest BCUT2D eigenvalue weighted by atomic mass is 9.98. The second kappa shape index (κ2) is 5.72. The first-order chi connectivity index (χ1) is 10.1. The van der Waals surface area contributed by atoms with Crippen LogP contribution in [0, 0.1) is 13.8 Å². The van der Waals surface area contributed by atoms with E-state index in [9.17, 15) is 0 Å². The van der Waals surface area contributed by atoms with E-state index in [1.165, 1.54) is 27.8 Å². The Kier molecular flexibility index (Phi) is 3.94. The van der Waals surface area contributed by atoms with Crippen LogP contribution in [0.25, 0.3) is 0 Å². The highest BCUT2D eigenvalue weighted by atomic mass is 79.9. The number of rotatable bonds is 3. The molecule has 2 aromatic carbocycles. The van der Waals surface area contributed by atoms with Crippen molar-refractivity contribution in [2.24, 2.45) is 0 Å². The van der Waals surface area contributed by atoms with Crippen molar-refractivity contribution in [3.63, 3.8) is 0 Å². The molecule has 0 saturated carbocycles. The number of fused-ring (bicyclic) bond motifs is 1. The molecule has 21 heavy (non-hydrogen) atoms. The predicted octanol–water partition coefficient (Wildman–Crippen LogP) is 4.73. The molecule has 3 rings (SSSR count). The Labute approximate surface area is 134 Å². The summed E-state index contributed by atoms with van der Waals surface area (Å²) < 4.78 is 11.0. The van der Waals surface area contributed by atoms with Gasteiger partial charge in [0.2, 0.25) is 0 Å². The minimum absolute atomic E-state index is 0.187. The highest BCUT2D eigenvalue weighted by Crippen LogP contribution is 2.37. The second-order valence-corrected chi connectivity index (χ2v) is 6.43. The molecular weight excluding hydrogens is 328 g/mol. The van der Waals surface area contributed by atoms with Crippen molar-refractivity contribution in [1.29, 1.82) is 0 Å². The number of alkyl halides is 1. The summed E-state index contributed by atoms with van der Waals surface area (Å²) >= 11 is 3.84. The van der Waals surface area contributed by atoms with E-state index in [2.05, 4.69) is 60.1 Å². The smallest absolute Gasteiger partial charge is 0.124 e. The first-order valence-electron chi connectivity index (χ1n) is 7.15. The van der Waals surface area contributed by atoms with Crippen LogP contribution in [0.4, 0.5) is 0 Å². The molecule has 0 amide bonds. The summed E-state index contributed by atoms with van der Waals surface area (Å²) in [6.45, 7) is 4.98. The van der Waals surface area contributed by atoms with Gasteiger partial charge in [0.15, 0.2) is 0 Å². The fraction of sp³-hybridized carbons (Fsp3) is 0.333. The molecule has 3 heteroatoms. The molecule has 110 valence electrons. The third-order valence-corrected chi connectivity index (χ3v) is 5.04. The fourth-order valence-electron chi connectivity index (χ4n) is 3.01. The van der Waals surface area contributed by atoms with Crippen LogP contribution in [-0.2, 0) is 6.42 Å². The maximum absolute atomic E-state index is 5.58. The van der Waals surface area contributed by atoms with Crippen molar-refractivity contribution in [3.05, 3.63) is 58.1 Å². The molecule has 0 N–H and O–H groups in total. The highest BCUT2D eigenvalue weighted by Gasteiger charge is 2.18. The Morgan fingerprint density at radius 2 is 1.81 bits per heavy atom. The Bertz CT molecular complexity index is 656. The molecule has 0 bridgehead atoms. The van der Waals surface area contributed by atoms with E-state index in [-0.39, 0.29) is 4.83 Å². The summed E-state index contributed by atoms with van der Waals surface area (Å²) in [6, 6.07) is 10.8. The van der Waals surface area contributed by atoms with Gasteiger partial charge in [0, 0.05) is 6.42 Å². The van der Waals surface area contributed by atoms with Gasteiger partial charge in [-0.05, 0) is 47.7 Å². The summed E-state index contributed by atoms with van der Waals surface area (Å²) in [4.78, 5) is 0.187. The van der Waals surface area contributed by atoms with E-state index in [0.717, 1.165) is 24.5 Å². The normalized spacial score (nSPS) is 14.5. The molecular formula is C18H19BrO2. The van der Waals surface area contributed by atoms with Gasteiger partial charge in [0.05, 0.1) is 18.5 Å². The quantitative estimate of drug-likeness (QED) is 0.748. The van der Waals surface area contributed by atoms with E-state index >= 15 is 0 Å². The van der Waals surface area contributed by atoms with Crippen LogP contribution in [0.2, 0.25) is 0 Å². The van der Waals surface area contributed by atoms with E-state index in [4.69, 9.17) is 9.47 Å². The molecule has 1 aliphatic heterocycles. The van der Waals surface area contributed by atoms with Crippen LogP contribution in [0.3, 0.4) is 0 Å².